The maximum absolute atomic E-state index is 10.1. The Balaban J connectivity index is 4.95. The number of nitrogens with zero attached hydrogens (tertiary/aromatic N) is 3. The molecule has 0 bridgehead atoms. The van der Waals surface area contributed by atoms with Crippen molar-refractivity contribution in [3.05, 3.63) is 30.3 Å². The van der Waals surface area contributed by atoms with Crippen molar-refractivity contribution >= 4 is 0 Å². The Labute approximate surface area is 96.6 Å². The van der Waals surface area contributed by atoms with E-state index in [0.29, 0.717) is 0 Å². The molecule has 14 nitrogen and oxygen atoms in total. The molecule has 0 aromatic heterocycles. The van der Waals surface area contributed by atoms with Crippen LogP contribution in [0.3, 0.4) is 0 Å². The van der Waals surface area contributed by atoms with Crippen molar-refractivity contribution in [3.63, 3.8) is 0 Å². The molecule has 0 aromatic rings. The van der Waals surface area contributed by atoms with Crippen molar-refractivity contribution in [2.24, 2.45) is 0 Å². The van der Waals surface area contributed by atoms with Crippen LogP contribution in [0.4, 0.5) is 0 Å². The summed E-state index contributed by atoms with van der Waals surface area (Å²) in [6, 6.07) is 0. The standard InChI is InChI=1S/C4H7N3O11/c8-1-3(17-6(12)13)4(9,18-7(14)15)2-16-5(10)11/h3,8-9H,1-2H2. The molecule has 18 heavy (non-hydrogen) atoms. The summed E-state index contributed by atoms with van der Waals surface area (Å²) in [5.74, 6) is -3.22. The molecular formula is C4H7N3O11. The molecule has 0 saturated heterocycles. The van der Waals surface area contributed by atoms with E-state index in [2.05, 4.69) is 14.5 Å². The normalized spacial score (nSPS) is 15.0. The van der Waals surface area contributed by atoms with Gasteiger partial charge in [0, 0.05) is 0 Å². The maximum Gasteiger partial charge on any atom is 0.297 e. The van der Waals surface area contributed by atoms with E-state index >= 15 is 0 Å². The highest BCUT2D eigenvalue weighted by atomic mass is 17.0. The third-order valence-electron chi connectivity index (χ3n) is 1.49. The Hall–Kier alpha value is -2.48. The molecule has 104 valence electrons. The van der Waals surface area contributed by atoms with E-state index < -0.39 is 40.4 Å². The van der Waals surface area contributed by atoms with Gasteiger partial charge in [-0.05, 0) is 0 Å². The Morgan fingerprint density at radius 1 is 1.11 bits per heavy atom. The lowest BCUT2D eigenvalue weighted by atomic mass is 10.2. The van der Waals surface area contributed by atoms with Gasteiger partial charge >= 0.3 is 0 Å². The average Bonchev–Trinajstić information content (AvgIpc) is 2.21. The van der Waals surface area contributed by atoms with E-state index in [-0.39, 0.29) is 0 Å². The summed E-state index contributed by atoms with van der Waals surface area (Å²) in [6.07, 6.45) is -2.28. The summed E-state index contributed by atoms with van der Waals surface area (Å²) >= 11 is 0. The smallest absolute Gasteiger partial charge is 0.297 e. The largest absolute Gasteiger partial charge is 0.394 e. The fourth-order valence-corrected chi connectivity index (χ4v) is 0.815. The van der Waals surface area contributed by atoms with Gasteiger partial charge in [0.05, 0.1) is 6.61 Å². The van der Waals surface area contributed by atoms with E-state index in [1.807, 2.05) is 0 Å². The summed E-state index contributed by atoms with van der Waals surface area (Å²) in [6.45, 7) is -2.79. The maximum atomic E-state index is 10.1. The van der Waals surface area contributed by atoms with Crippen LogP contribution in [0.2, 0.25) is 0 Å². The van der Waals surface area contributed by atoms with Crippen LogP contribution in [-0.4, -0.2) is 50.6 Å². The Morgan fingerprint density at radius 2 is 1.67 bits per heavy atom. The first-order chi connectivity index (χ1) is 8.21. The molecule has 0 aliphatic carbocycles. The molecule has 0 spiro atoms. The van der Waals surface area contributed by atoms with Gasteiger partial charge in [0.2, 0.25) is 0 Å². The van der Waals surface area contributed by atoms with Gasteiger partial charge < -0.3 is 19.9 Å². The van der Waals surface area contributed by atoms with Crippen LogP contribution in [-0.2, 0) is 14.5 Å². The molecule has 0 rings (SSSR count). The quantitative estimate of drug-likeness (QED) is 0.259. The summed E-state index contributed by atoms with van der Waals surface area (Å²) in [7, 11) is 0. The molecule has 0 saturated carbocycles. The van der Waals surface area contributed by atoms with Crippen molar-refractivity contribution in [1.29, 1.82) is 0 Å². The monoisotopic (exact) mass is 273 g/mol. The highest BCUT2D eigenvalue weighted by Gasteiger charge is 2.45. The third-order valence-corrected chi connectivity index (χ3v) is 1.49. The Bertz CT molecular complexity index is 332. The molecule has 0 amide bonds. The summed E-state index contributed by atoms with van der Waals surface area (Å²) < 4.78 is 0. The number of hydrogen-bond donors (Lipinski definition) is 2. The fraction of sp³-hybridized carbons (Fsp3) is 1.00. The van der Waals surface area contributed by atoms with E-state index in [1.165, 1.54) is 0 Å². The second-order valence-corrected chi connectivity index (χ2v) is 2.66. The van der Waals surface area contributed by atoms with Crippen molar-refractivity contribution < 1.29 is 40.0 Å². The van der Waals surface area contributed by atoms with E-state index in [1.54, 1.807) is 0 Å². The molecule has 2 atom stereocenters. The van der Waals surface area contributed by atoms with Crippen LogP contribution in [0.1, 0.15) is 0 Å². The minimum Gasteiger partial charge on any atom is -0.394 e. The lowest BCUT2D eigenvalue weighted by Crippen LogP contribution is -2.54. The zero-order valence-electron chi connectivity index (χ0n) is 8.40. The minimum atomic E-state index is -3.22. The van der Waals surface area contributed by atoms with Gasteiger partial charge in [-0.2, -0.15) is 0 Å². The van der Waals surface area contributed by atoms with E-state index in [9.17, 15) is 35.4 Å². The van der Waals surface area contributed by atoms with Crippen LogP contribution in [0, 0.1) is 30.3 Å². The number of hydrogen-bond acceptors (Lipinski definition) is 11. The lowest BCUT2D eigenvalue weighted by Gasteiger charge is -2.29. The van der Waals surface area contributed by atoms with E-state index in [0.717, 1.165) is 0 Å². The predicted molar refractivity (Wildman–Crippen MR) is 44.9 cm³/mol. The SMILES string of the molecule is O=[N+]([O-])OCC(O)(O[N+](=O)[O-])C(CO)O[N+](=O)[O-]. The zero-order chi connectivity index (χ0) is 14.3. The van der Waals surface area contributed by atoms with Gasteiger partial charge in [-0.25, -0.2) is 0 Å². The number of rotatable bonds is 9. The van der Waals surface area contributed by atoms with Crippen LogP contribution in [0.25, 0.3) is 0 Å². The fourth-order valence-electron chi connectivity index (χ4n) is 0.815. The summed E-state index contributed by atoms with van der Waals surface area (Å²) in [5, 5.41) is 43.6. The van der Waals surface area contributed by atoms with Crippen LogP contribution in [0.5, 0.6) is 0 Å². The molecular weight excluding hydrogens is 266 g/mol. The van der Waals surface area contributed by atoms with Gasteiger partial charge in [-0.3, -0.25) is 4.84 Å². The van der Waals surface area contributed by atoms with Crippen molar-refractivity contribution in [3.8, 4) is 0 Å². The van der Waals surface area contributed by atoms with Crippen LogP contribution >= 0.6 is 0 Å². The Morgan fingerprint density at radius 3 is 2.00 bits per heavy atom. The van der Waals surface area contributed by atoms with Gasteiger partial charge in [0.15, 0.2) is 12.7 Å². The molecule has 2 N–H and O–H groups in total. The lowest BCUT2D eigenvalue weighted by molar-refractivity contribution is -0.836. The third kappa shape index (κ3) is 5.03. The first-order valence-electron chi connectivity index (χ1n) is 3.96. The topological polar surface area (TPSA) is 198 Å². The molecule has 14 heteroatoms. The molecule has 0 fully saturated rings. The first-order valence-corrected chi connectivity index (χ1v) is 3.96. The second-order valence-electron chi connectivity index (χ2n) is 2.66. The molecule has 0 heterocycles. The molecule has 0 aliphatic heterocycles. The van der Waals surface area contributed by atoms with Gasteiger partial charge in [-0.15, -0.1) is 30.3 Å². The van der Waals surface area contributed by atoms with Crippen molar-refractivity contribution in [2.45, 2.75) is 11.9 Å². The predicted octanol–water partition coefficient (Wildman–Crippen LogP) is -2.34. The molecule has 0 radical (unpaired) electrons. The van der Waals surface area contributed by atoms with Crippen molar-refractivity contribution in [1.82, 2.24) is 0 Å². The van der Waals surface area contributed by atoms with Gasteiger partial charge in [0.1, 0.15) is 0 Å². The van der Waals surface area contributed by atoms with Gasteiger partial charge in [-0.1, -0.05) is 0 Å². The number of aliphatic hydroxyl groups is 2. The van der Waals surface area contributed by atoms with Gasteiger partial charge in [0.25, 0.3) is 21.0 Å². The highest BCUT2D eigenvalue weighted by molar-refractivity contribution is 4.75. The van der Waals surface area contributed by atoms with Crippen molar-refractivity contribution in [2.75, 3.05) is 13.2 Å². The van der Waals surface area contributed by atoms with Crippen LogP contribution in [0.15, 0.2) is 0 Å². The summed E-state index contributed by atoms with van der Waals surface area (Å²) in [4.78, 5) is 40.8. The Kier molecular flexibility index (Phi) is 5.43. The number of aliphatic hydroxyl groups excluding tert-OH is 1. The highest BCUT2D eigenvalue weighted by Crippen LogP contribution is 2.17. The van der Waals surface area contributed by atoms with Crippen LogP contribution < -0.4 is 0 Å². The molecule has 0 aromatic carbocycles. The zero-order valence-corrected chi connectivity index (χ0v) is 8.40. The first kappa shape index (κ1) is 15.5. The average molecular weight is 273 g/mol. The molecule has 0 aliphatic rings. The minimum absolute atomic E-state index is 1.30. The summed E-state index contributed by atoms with van der Waals surface area (Å²) in [5.41, 5.74) is 0. The second kappa shape index (κ2) is 6.30. The van der Waals surface area contributed by atoms with E-state index in [4.69, 9.17) is 5.11 Å². The molecule has 2 unspecified atom stereocenters.